The summed E-state index contributed by atoms with van der Waals surface area (Å²) < 4.78 is 0. The second kappa shape index (κ2) is 6.58. The molecule has 2 nitrogen and oxygen atoms in total. The predicted molar refractivity (Wildman–Crippen MR) is 90.2 cm³/mol. The lowest BCUT2D eigenvalue weighted by molar-refractivity contribution is 0.0322. The minimum atomic E-state index is 0.359. The summed E-state index contributed by atoms with van der Waals surface area (Å²) in [5.41, 5.74) is 6.71. The average Bonchev–Trinajstić information content (AvgIpc) is 3.33. The monoisotopic (exact) mass is 292 g/mol. The molecule has 0 aromatic heterocycles. The molecule has 0 aromatic rings. The Kier molecular flexibility index (Phi) is 4.95. The van der Waals surface area contributed by atoms with Crippen LogP contribution in [-0.2, 0) is 0 Å². The van der Waals surface area contributed by atoms with Gasteiger partial charge in [-0.3, -0.25) is 4.90 Å². The van der Waals surface area contributed by atoms with Gasteiger partial charge in [0.2, 0.25) is 0 Å². The maximum atomic E-state index is 6.36. The minimum absolute atomic E-state index is 0.359. The Balaban J connectivity index is 1.66. The van der Waals surface area contributed by atoms with Gasteiger partial charge < -0.3 is 5.73 Å². The standard InChI is InChI=1S/C19H36N2/c1-15(2)16-6-4-11-21(12-9-16)19(14-20)10-3-5-18(13-19)17-7-8-17/h15-18H,3-14,20H2,1-2H3. The Labute approximate surface area is 131 Å². The normalized spacial score (nSPS) is 39.4. The van der Waals surface area contributed by atoms with Gasteiger partial charge in [-0.05, 0) is 81.7 Å². The van der Waals surface area contributed by atoms with Crippen molar-refractivity contribution < 1.29 is 0 Å². The molecule has 3 fully saturated rings. The predicted octanol–water partition coefficient (Wildman–Crippen LogP) is 4.04. The fourth-order valence-corrected chi connectivity index (χ4v) is 5.22. The van der Waals surface area contributed by atoms with Crippen LogP contribution in [0.1, 0.15) is 71.6 Å². The van der Waals surface area contributed by atoms with E-state index in [2.05, 4.69) is 18.7 Å². The number of nitrogens with two attached hydrogens (primary N) is 1. The van der Waals surface area contributed by atoms with Crippen molar-refractivity contribution in [2.75, 3.05) is 19.6 Å². The molecule has 3 aliphatic rings. The lowest BCUT2D eigenvalue weighted by atomic mass is 9.72. The molecular formula is C19H36N2. The highest BCUT2D eigenvalue weighted by molar-refractivity contribution is 5.00. The highest BCUT2D eigenvalue weighted by atomic mass is 15.2. The van der Waals surface area contributed by atoms with Gasteiger partial charge in [0.1, 0.15) is 0 Å². The van der Waals surface area contributed by atoms with Gasteiger partial charge in [-0.2, -0.15) is 0 Å². The van der Waals surface area contributed by atoms with Gasteiger partial charge in [0, 0.05) is 12.1 Å². The first-order valence-corrected chi connectivity index (χ1v) is 9.60. The van der Waals surface area contributed by atoms with Crippen LogP contribution >= 0.6 is 0 Å². The quantitative estimate of drug-likeness (QED) is 0.847. The first kappa shape index (κ1) is 15.8. The zero-order valence-corrected chi connectivity index (χ0v) is 14.3. The third-order valence-corrected chi connectivity index (χ3v) is 6.91. The maximum absolute atomic E-state index is 6.36. The van der Waals surface area contributed by atoms with Gasteiger partial charge in [-0.15, -0.1) is 0 Å². The molecule has 1 aliphatic heterocycles. The number of likely N-dealkylation sites (tertiary alicyclic amines) is 1. The van der Waals surface area contributed by atoms with Crippen LogP contribution in [-0.4, -0.2) is 30.1 Å². The molecule has 3 unspecified atom stereocenters. The van der Waals surface area contributed by atoms with E-state index in [4.69, 9.17) is 5.73 Å². The Hall–Kier alpha value is -0.0800. The van der Waals surface area contributed by atoms with Crippen molar-refractivity contribution in [2.24, 2.45) is 29.4 Å². The van der Waals surface area contributed by atoms with Crippen LogP contribution in [0.2, 0.25) is 0 Å². The van der Waals surface area contributed by atoms with E-state index >= 15 is 0 Å². The second-order valence-electron chi connectivity index (χ2n) is 8.54. The van der Waals surface area contributed by atoms with Gasteiger partial charge in [0.25, 0.3) is 0 Å². The molecule has 0 amide bonds. The summed E-state index contributed by atoms with van der Waals surface area (Å²) in [6, 6.07) is 0. The highest BCUT2D eigenvalue weighted by Gasteiger charge is 2.44. The number of hydrogen-bond donors (Lipinski definition) is 1. The number of rotatable bonds is 4. The van der Waals surface area contributed by atoms with Crippen LogP contribution < -0.4 is 5.73 Å². The van der Waals surface area contributed by atoms with Crippen molar-refractivity contribution >= 4 is 0 Å². The summed E-state index contributed by atoms with van der Waals surface area (Å²) in [6.45, 7) is 8.31. The van der Waals surface area contributed by atoms with Gasteiger partial charge in [-0.1, -0.05) is 26.7 Å². The maximum Gasteiger partial charge on any atom is 0.0334 e. The van der Waals surface area contributed by atoms with E-state index < -0.39 is 0 Å². The molecule has 0 bridgehead atoms. The lowest BCUT2D eigenvalue weighted by Crippen LogP contribution is -2.56. The van der Waals surface area contributed by atoms with Crippen LogP contribution in [0.15, 0.2) is 0 Å². The Morgan fingerprint density at radius 3 is 2.48 bits per heavy atom. The van der Waals surface area contributed by atoms with Crippen LogP contribution in [0.4, 0.5) is 0 Å². The van der Waals surface area contributed by atoms with Crippen molar-refractivity contribution in [2.45, 2.75) is 77.2 Å². The largest absolute Gasteiger partial charge is 0.329 e. The Bertz CT molecular complexity index is 336. The van der Waals surface area contributed by atoms with Gasteiger partial charge in [0.15, 0.2) is 0 Å². The zero-order chi connectivity index (χ0) is 14.9. The smallest absolute Gasteiger partial charge is 0.0334 e. The fraction of sp³-hybridized carbons (Fsp3) is 1.00. The SMILES string of the molecule is CC(C)C1CCCN(C2(CN)CCCC(C3CC3)C2)CC1. The van der Waals surface area contributed by atoms with Crippen molar-refractivity contribution in [3.63, 3.8) is 0 Å². The van der Waals surface area contributed by atoms with Crippen molar-refractivity contribution in [1.82, 2.24) is 4.90 Å². The first-order valence-electron chi connectivity index (χ1n) is 9.60. The van der Waals surface area contributed by atoms with E-state index in [9.17, 15) is 0 Å². The van der Waals surface area contributed by atoms with E-state index in [1.165, 1.54) is 70.9 Å². The first-order chi connectivity index (χ1) is 10.1. The Morgan fingerprint density at radius 2 is 1.81 bits per heavy atom. The zero-order valence-electron chi connectivity index (χ0n) is 14.3. The molecule has 3 rings (SSSR count). The van der Waals surface area contributed by atoms with E-state index in [1.54, 1.807) is 0 Å². The molecule has 1 saturated heterocycles. The molecule has 2 N–H and O–H groups in total. The third kappa shape index (κ3) is 3.47. The summed E-state index contributed by atoms with van der Waals surface area (Å²) >= 11 is 0. The van der Waals surface area contributed by atoms with E-state index in [0.717, 1.165) is 30.2 Å². The van der Waals surface area contributed by atoms with Crippen LogP contribution in [0, 0.1) is 23.7 Å². The topological polar surface area (TPSA) is 29.3 Å². The fourth-order valence-electron chi connectivity index (χ4n) is 5.22. The van der Waals surface area contributed by atoms with Crippen molar-refractivity contribution in [3.8, 4) is 0 Å². The number of hydrogen-bond acceptors (Lipinski definition) is 2. The van der Waals surface area contributed by atoms with Crippen molar-refractivity contribution in [1.29, 1.82) is 0 Å². The number of nitrogens with zero attached hydrogens (tertiary/aromatic N) is 1. The van der Waals surface area contributed by atoms with E-state index in [-0.39, 0.29) is 0 Å². The molecule has 2 aliphatic carbocycles. The molecule has 2 saturated carbocycles. The van der Waals surface area contributed by atoms with Crippen molar-refractivity contribution in [3.05, 3.63) is 0 Å². The molecule has 0 radical (unpaired) electrons. The van der Waals surface area contributed by atoms with Crippen LogP contribution in [0.5, 0.6) is 0 Å². The summed E-state index contributed by atoms with van der Waals surface area (Å²) in [7, 11) is 0. The van der Waals surface area contributed by atoms with Gasteiger partial charge >= 0.3 is 0 Å². The summed E-state index contributed by atoms with van der Waals surface area (Å²) in [5, 5.41) is 0. The van der Waals surface area contributed by atoms with E-state index in [0.29, 0.717) is 5.54 Å². The van der Waals surface area contributed by atoms with Crippen LogP contribution in [0.3, 0.4) is 0 Å². The average molecular weight is 293 g/mol. The van der Waals surface area contributed by atoms with Gasteiger partial charge in [0.05, 0.1) is 0 Å². The molecular weight excluding hydrogens is 256 g/mol. The van der Waals surface area contributed by atoms with E-state index in [1.807, 2.05) is 0 Å². The summed E-state index contributed by atoms with van der Waals surface area (Å²) in [5.74, 6) is 3.84. The minimum Gasteiger partial charge on any atom is -0.329 e. The highest BCUT2D eigenvalue weighted by Crippen LogP contribution is 2.48. The molecule has 21 heavy (non-hydrogen) atoms. The molecule has 3 atom stereocenters. The second-order valence-corrected chi connectivity index (χ2v) is 8.54. The molecule has 0 aromatic carbocycles. The summed E-state index contributed by atoms with van der Waals surface area (Å²) in [6.07, 6.45) is 12.9. The molecule has 2 heteroatoms. The third-order valence-electron chi connectivity index (χ3n) is 6.91. The molecule has 122 valence electrons. The Morgan fingerprint density at radius 1 is 1.00 bits per heavy atom. The van der Waals surface area contributed by atoms with Gasteiger partial charge in [-0.25, -0.2) is 0 Å². The lowest BCUT2D eigenvalue weighted by Gasteiger charge is -2.48. The van der Waals surface area contributed by atoms with Crippen LogP contribution in [0.25, 0.3) is 0 Å². The molecule has 1 heterocycles. The summed E-state index contributed by atoms with van der Waals surface area (Å²) in [4.78, 5) is 2.84. The molecule has 0 spiro atoms.